The lowest BCUT2D eigenvalue weighted by Gasteiger charge is -2.26. The Morgan fingerprint density at radius 2 is 1.79 bits per heavy atom. The summed E-state index contributed by atoms with van der Waals surface area (Å²) in [5, 5.41) is 2.79. The van der Waals surface area contributed by atoms with Crippen molar-refractivity contribution >= 4 is 23.4 Å². The molecule has 152 valence electrons. The number of likely N-dealkylation sites (tertiary alicyclic amines) is 1. The van der Waals surface area contributed by atoms with Crippen molar-refractivity contribution in [3.05, 3.63) is 65.7 Å². The molecule has 0 aliphatic carbocycles. The average Bonchev–Trinajstić information content (AvgIpc) is 3.10. The molecular formula is C23H27N3O3. The largest absolute Gasteiger partial charge is 0.336 e. The highest BCUT2D eigenvalue weighted by molar-refractivity contribution is 5.96. The summed E-state index contributed by atoms with van der Waals surface area (Å²) in [6, 6.07) is 17.2. The Hall–Kier alpha value is -3.15. The number of anilines is 1. The maximum atomic E-state index is 12.8. The van der Waals surface area contributed by atoms with Gasteiger partial charge in [0, 0.05) is 25.7 Å². The van der Waals surface area contributed by atoms with E-state index >= 15 is 0 Å². The molecule has 1 aliphatic heterocycles. The van der Waals surface area contributed by atoms with Crippen molar-refractivity contribution in [2.45, 2.75) is 26.3 Å². The fourth-order valence-corrected chi connectivity index (χ4v) is 3.63. The molecule has 1 saturated heterocycles. The highest BCUT2D eigenvalue weighted by Crippen LogP contribution is 2.29. The third kappa shape index (κ3) is 5.02. The van der Waals surface area contributed by atoms with Crippen LogP contribution >= 0.6 is 0 Å². The van der Waals surface area contributed by atoms with Crippen molar-refractivity contribution in [3.63, 3.8) is 0 Å². The Kier molecular flexibility index (Phi) is 6.32. The SMILES string of the molecule is Cc1ccc(NC(=O)CN(C)C(=O)[C@@H]2CC(=O)N([C@@H](C)c3ccccc3)C2)cc1. The maximum Gasteiger partial charge on any atom is 0.243 e. The van der Waals surface area contributed by atoms with E-state index in [0.29, 0.717) is 12.2 Å². The lowest BCUT2D eigenvalue weighted by molar-refractivity contribution is -0.137. The van der Waals surface area contributed by atoms with Gasteiger partial charge < -0.3 is 15.1 Å². The maximum absolute atomic E-state index is 12.8. The van der Waals surface area contributed by atoms with Gasteiger partial charge in [-0.05, 0) is 31.5 Å². The summed E-state index contributed by atoms with van der Waals surface area (Å²) in [6.07, 6.45) is 0.180. The molecule has 6 heteroatoms. The number of nitrogens with zero attached hydrogens (tertiary/aromatic N) is 2. The zero-order valence-electron chi connectivity index (χ0n) is 17.1. The van der Waals surface area contributed by atoms with Gasteiger partial charge in [0.05, 0.1) is 18.5 Å². The first kappa shape index (κ1) is 20.6. The van der Waals surface area contributed by atoms with Crippen molar-refractivity contribution in [1.29, 1.82) is 0 Å². The van der Waals surface area contributed by atoms with Gasteiger partial charge in [0.15, 0.2) is 0 Å². The number of benzene rings is 2. The summed E-state index contributed by atoms with van der Waals surface area (Å²) in [7, 11) is 1.60. The second-order valence-electron chi connectivity index (χ2n) is 7.64. The van der Waals surface area contributed by atoms with Crippen molar-refractivity contribution in [3.8, 4) is 0 Å². The van der Waals surface area contributed by atoms with Crippen LogP contribution in [0.2, 0.25) is 0 Å². The minimum absolute atomic E-state index is 0.0304. The number of carbonyl (C=O) groups excluding carboxylic acids is 3. The number of likely N-dealkylation sites (N-methyl/N-ethyl adjacent to an activating group) is 1. The smallest absolute Gasteiger partial charge is 0.243 e. The molecule has 2 aromatic carbocycles. The average molecular weight is 393 g/mol. The van der Waals surface area contributed by atoms with Gasteiger partial charge in [-0.25, -0.2) is 0 Å². The summed E-state index contributed by atoms with van der Waals surface area (Å²) >= 11 is 0. The molecule has 0 aromatic heterocycles. The molecule has 1 N–H and O–H groups in total. The highest BCUT2D eigenvalue weighted by Gasteiger charge is 2.38. The Morgan fingerprint density at radius 3 is 2.45 bits per heavy atom. The normalized spacial score (nSPS) is 17.1. The molecule has 0 saturated carbocycles. The first-order chi connectivity index (χ1) is 13.8. The molecule has 3 rings (SSSR count). The molecule has 0 spiro atoms. The number of hydrogen-bond acceptors (Lipinski definition) is 3. The van der Waals surface area contributed by atoms with Crippen LogP contribution in [0.3, 0.4) is 0 Å². The minimum Gasteiger partial charge on any atom is -0.336 e. The zero-order chi connectivity index (χ0) is 21.0. The van der Waals surface area contributed by atoms with Gasteiger partial charge in [0.1, 0.15) is 0 Å². The van der Waals surface area contributed by atoms with Gasteiger partial charge in [-0.1, -0.05) is 48.0 Å². The van der Waals surface area contributed by atoms with Gasteiger partial charge in [0.25, 0.3) is 0 Å². The fourth-order valence-electron chi connectivity index (χ4n) is 3.63. The molecule has 2 atom stereocenters. The van der Waals surface area contributed by atoms with E-state index in [0.717, 1.165) is 11.1 Å². The quantitative estimate of drug-likeness (QED) is 0.820. The van der Waals surface area contributed by atoms with E-state index in [-0.39, 0.29) is 36.7 Å². The fraction of sp³-hybridized carbons (Fsp3) is 0.348. The van der Waals surface area contributed by atoms with Crippen molar-refractivity contribution in [1.82, 2.24) is 9.80 Å². The third-order valence-corrected chi connectivity index (χ3v) is 5.35. The van der Waals surface area contributed by atoms with Crippen LogP contribution in [0.5, 0.6) is 0 Å². The van der Waals surface area contributed by atoms with E-state index in [4.69, 9.17) is 0 Å². The second-order valence-corrected chi connectivity index (χ2v) is 7.64. The van der Waals surface area contributed by atoms with E-state index < -0.39 is 5.92 Å². The standard InChI is InChI=1S/C23H27N3O3/c1-16-9-11-20(12-10-16)24-21(27)15-25(3)23(29)19-13-22(28)26(14-19)17(2)18-7-5-4-6-8-18/h4-12,17,19H,13-15H2,1-3H3,(H,24,27)/t17-,19+/m0/s1. The van der Waals surface area contributed by atoms with Crippen molar-refractivity contribution in [2.24, 2.45) is 5.92 Å². The summed E-state index contributed by atoms with van der Waals surface area (Å²) in [5.74, 6) is -0.897. The van der Waals surface area contributed by atoms with Crippen LogP contribution in [0.4, 0.5) is 5.69 Å². The zero-order valence-corrected chi connectivity index (χ0v) is 17.1. The van der Waals surface area contributed by atoms with Crippen molar-refractivity contribution < 1.29 is 14.4 Å². The number of rotatable bonds is 6. The molecule has 0 unspecified atom stereocenters. The molecule has 2 aromatic rings. The Bertz CT molecular complexity index is 880. The molecule has 1 heterocycles. The van der Waals surface area contributed by atoms with E-state index in [1.165, 1.54) is 4.90 Å². The van der Waals surface area contributed by atoms with Crippen LogP contribution in [-0.2, 0) is 14.4 Å². The number of aryl methyl sites for hydroxylation is 1. The van der Waals surface area contributed by atoms with Crippen LogP contribution in [0.15, 0.2) is 54.6 Å². The number of nitrogens with one attached hydrogen (secondary N) is 1. The summed E-state index contributed by atoms with van der Waals surface area (Å²) in [5.41, 5.74) is 2.84. The second kappa shape index (κ2) is 8.90. The Balaban J connectivity index is 1.56. The minimum atomic E-state index is -0.425. The number of amides is 3. The molecule has 0 radical (unpaired) electrons. The van der Waals surface area contributed by atoms with Gasteiger partial charge in [0.2, 0.25) is 17.7 Å². The van der Waals surface area contributed by atoms with E-state index in [1.54, 1.807) is 11.9 Å². The van der Waals surface area contributed by atoms with Crippen LogP contribution in [-0.4, -0.2) is 47.7 Å². The number of hydrogen-bond donors (Lipinski definition) is 1. The molecule has 3 amide bonds. The van der Waals surface area contributed by atoms with E-state index in [9.17, 15) is 14.4 Å². The molecule has 6 nitrogen and oxygen atoms in total. The van der Waals surface area contributed by atoms with Crippen LogP contribution < -0.4 is 5.32 Å². The van der Waals surface area contributed by atoms with Gasteiger partial charge in [-0.3, -0.25) is 14.4 Å². The summed E-state index contributed by atoms with van der Waals surface area (Å²) < 4.78 is 0. The predicted molar refractivity (Wildman–Crippen MR) is 112 cm³/mol. The van der Waals surface area contributed by atoms with Gasteiger partial charge >= 0.3 is 0 Å². The summed E-state index contributed by atoms with van der Waals surface area (Å²) in [4.78, 5) is 40.7. The van der Waals surface area contributed by atoms with Crippen LogP contribution in [0, 0.1) is 12.8 Å². The Morgan fingerprint density at radius 1 is 1.14 bits per heavy atom. The molecule has 0 bridgehead atoms. The molecule has 1 fully saturated rings. The molecule has 29 heavy (non-hydrogen) atoms. The highest BCUT2D eigenvalue weighted by atomic mass is 16.2. The first-order valence-corrected chi connectivity index (χ1v) is 9.81. The monoisotopic (exact) mass is 393 g/mol. The van der Waals surface area contributed by atoms with Gasteiger partial charge in [-0.2, -0.15) is 0 Å². The first-order valence-electron chi connectivity index (χ1n) is 9.81. The lowest BCUT2D eigenvalue weighted by Crippen LogP contribution is -2.39. The van der Waals surface area contributed by atoms with Crippen LogP contribution in [0.25, 0.3) is 0 Å². The van der Waals surface area contributed by atoms with E-state index in [2.05, 4.69) is 5.32 Å². The Labute approximate surface area is 171 Å². The lowest BCUT2D eigenvalue weighted by atomic mass is 10.1. The van der Waals surface area contributed by atoms with E-state index in [1.807, 2.05) is 68.4 Å². The number of carbonyl (C=O) groups is 3. The molecular weight excluding hydrogens is 366 g/mol. The molecule has 1 aliphatic rings. The van der Waals surface area contributed by atoms with Crippen LogP contribution in [0.1, 0.15) is 30.5 Å². The topological polar surface area (TPSA) is 69.7 Å². The van der Waals surface area contributed by atoms with Gasteiger partial charge in [-0.15, -0.1) is 0 Å². The third-order valence-electron chi connectivity index (χ3n) is 5.35. The summed E-state index contributed by atoms with van der Waals surface area (Å²) in [6.45, 7) is 4.27. The predicted octanol–water partition coefficient (Wildman–Crippen LogP) is 3.00. The van der Waals surface area contributed by atoms with Crippen molar-refractivity contribution in [2.75, 3.05) is 25.5 Å².